The van der Waals surface area contributed by atoms with Gasteiger partial charge >= 0.3 is 0 Å². The molecular formula is C13H13Cl2NO2. The van der Waals surface area contributed by atoms with Crippen molar-refractivity contribution in [2.75, 3.05) is 6.54 Å². The van der Waals surface area contributed by atoms with Crippen LogP contribution in [0, 0.1) is 0 Å². The van der Waals surface area contributed by atoms with Crippen LogP contribution in [-0.2, 0) is 0 Å². The Kier molecular flexibility index (Phi) is 4.30. The summed E-state index contributed by atoms with van der Waals surface area (Å²) in [4.78, 5) is 0. The lowest BCUT2D eigenvalue weighted by molar-refractivity contribution is 0.122. The van der Waals surface area contributed by atoms with Gasteiger partial charge in [-0.25, -0.2) is 0 Å². The van der Waals surface area contributed by atoms with Gasteiger partial charge in [0, 0.05) is 17.5 Å². The number of benzene rings is 1. The third-order valence-electron chi connectivity index (χ3n) is 2.80. The van der Waals surface area contributed by atoms with Crippen molar-refractivity contribution in [3.63, 3.8) is 0 Å². The molecule has 96 valence electrons. The first-order valence-corrected chi connectivity index (χ1v) is 6.26. The SMILES string of the molecule is NCC(c1cccc(Cl)c1)C(O)c1ccc(Cl)o1. The molecule has 0 aliphatic rings. The average molecular weight is 286 g/mol. The number of rotatable bonds is 4. The molecule has 2 aromatic rings. The van der Waals surface area contributed by atoms with Crippen molar-refractivity contribution in [3.05, 3.63) is 58.0 Å². The molecule has 0 saturated carbocycles. The average Bonchev–Trinajstić information content (AvgIpc) is 2.77. The van der Waals surface area contributed by atoms with Gasteiger partial charge in [-0.05, 0) is 41.4 Å². The highest BCUT2D eigenvalue weighted by molar-refractivity contribution is 6.30. The van der Waals surface area contributed by atoms with E-state index in [-0.39, 0.29) is 17.7 Å². The summed E-state index contributed by atoms with van der Waals surface area (Å²) < 4.78 is 5.21. The molecule has 0 aliphatic heterocycles. The van der Waals surface area contributed by atoms with E-state index in [1.54, 1.807) is 24.3 Å². The van der Waals surface area contributed by atoms with Crippen LogP contribution < -0.4 is 5.73 Å². The molecular weight excluding hydrogens is 273 g/mol. The molecule has 3 nitrogen and oxygen atoms in total. The van der Waals surface area contributed by atoms with Crippen molar-refractivity contribution in [3.8, 4) is 0 Å². The minimum Gasteiger partial charge on any atom is -0.447 e. The van der Waals surface area contributed by atoms with Crippen molar-refractivity contribution in [2.24, 2.45) is 5.73 Å². The molecule has 18 heavy (non-hydrogen) atoms. The van der Waals surface area contributed by atoms with E-state index in [9.17, 15) is 5.11 Å². The van der Waals surface area contributed by atoms with Gasteiger partial charge in [0.25, 0.3) is 0 Å². The molecule has 0 spiro atoms. The van der Waals surface area contributed by atoms with E-state index in [0.29, 0.717) is 10.8 Å². The summed E-state index contributed by atoms with van der Waals surface area (Å²) in [6, 6.07) is 10.5. The second kappa shape index (κ2) is 5.76. The lowest BCUT2D eigenvalue weighted by Crippen LogP contribution is -2.19. The highest BCUT2D eigenvalue weighted by atomic mass is 35.5. The van der Waals surface area contributed by atoms with Gasteiger partial charge in [0.05, 0.1) is 0 Å². The largest absolute Gasteiger partial charge is 0.447 e. The van der Waals surface area contributed by atoms with Gasteiger partial charge in [-0.3, -0.25) is 0 Å². The van der Waals surface area contributed by atoms with Crippen LogP contribution in [0.4, 0.5) is 0 Å². The maximum absolute atomic E-state index is 10.3. The molecule has 0 aliphatic carbocycles. The molecule has 0 radical (unpaired) electrons. The predicted molar refractivity (Wildman–Crippen MR) is 71.9 cm³/mol. The van der Waals surface area contributed by atoms with E-state index in [0.717, 1.165) is 5.56 Å². The van der Waals surface area contributed by atoms with E-state index < -0.39 is 6.10 Å². The third kappa shape index (κ3) is 2.87. The van der Waals surface area contributed by atoms with Crippen LogP contribution in [0.2, 0.25) is 10.2 Å². The summed E-state index contributed by atoms with van der Waals surface area (Å²) in [5, 5.41) is 11.1. The predicted octanol–water partition coefficient (Wildman–Crippen LogP) is 3.36. The smallest absolute Gasteiger partial charge is 0.193 e. The number of halogens is 2. The molecule has 0 amide bonds. The standard InChI is InChI=1S/C13H13Cl2NO2/c14-9-3-1-2-8(6-9)10(7-16)13(17)11-4-5-12(15)18-11/h1-6,10,13,17H,7,16H2. The Morgan fingerprint density at radius 1 is 1.22 bits per heavy atom. The molecule has 3 N–H and O–H groups in total. The summed E-state index contributed by atoms with van der Waals surface area (Å²) in [5.41, 5.74) is 6.59. The molecule has 1 aromatic heterocycles. The van der Waals surface area contributed by atoms with Crippen LogP contribution in [0.5, 0.6) is 0 Å². The Balaban J connectivity index is 2.28. The van der Waals surface area contributed by atoms with Gasteiger partial charge in [-0.2, -0.15) is 0 Å². The Bertz CT molecular complexity index is 527. The van der Waals surface area contributed by atoms with Crippen molar-refractivity contribution < 1.29 is 9.52 Å². The van der Waals surface area contributed by atoms with Gasteiger partial charge < -0.3 is 15.3 Å². The van der Waals surface area contributed by atoms with Crippen molar-refractivity contribution >= 4 is 23.2 Å². The first-order chi connectivity index (χ1) is 8.61. The van der Waals surface area contributed by atoms with Gasteiger partial charge in [0.1, 0.15) is 11.9 Å². The second-order valence-corrected chi connectivity index (χ2v) is 4.79. The minimum atomic E-state index is -0.846. The van der Waals surface area contributed by atoms with E-state index in [1.165, 1.54) is 0 Å². The number of hydrogen-bond donors (Lipinski definition) is 2. The second-order valence-electron chi connectivity index (χ2n) is 3.98. The fourth-order valence-electron chi connectivity index (χ4n) is 1.87. The highest BCUT2D eigenvalue weighted by Gasteiger charge is 2.24. The van der Waals surface area contributed by atoms with E-state index in [4.69, 9.17) is 33.4 Å². The summed E-state index contributed by atoms with van der Waals surface area (Å²) in [6.07, 6.45) is -0.846. The van der Waals surface area contributed by atoms with Gasteiger partial charge in [-0.15, -0.1) is 0 Å². The Labute approximate surface area is 115 Å². The quantitative estimate of drug-likeness (QED) is 0.906. The van der Waals surface area contributed by atoms with Crippen molar-refractivity contribution in [1.29, 1.82) is 0 Å². The topological polar surface area (TPSA) is 59.4 Å². The van der Waals surface area contributed by atoms with E-state index >= 15 is 0 Å². The lowest BCUT2D eigenvalue weighted by atomic mass is 9.92. The maximum Gasteiger partial charge on any atom is 0.193 e. The Morgan fingerprint density at radius 2 is 2.00 bits per heavy atom. The van der Waals surface area contributed by atoms with Gasteiger partial charge in [0.2, 0.25) is 0 Å². The zero-order chi connectivity index (χ0) is 13.1. The number of aliphatic hydroxyl groups excluding tert-OH is 1. The Hall–Kier alpha value is -1.00. The molecule has 1 heterocycles. The molecule has 0 saturated heterocycles. The monoisotopic (exact) mass is 285 g/mol. The summed E-state index contributed by atoms with van der Waals surface area (Å²) in [5.74, 6) is 0.112. The molecule has 0 fully saturated rings. The third-order valence-corrected chi connectivity index (χ3v) is 3.24. The van der Waals surface area contributed by atoms with Crippen LogP contribution in [0.15, 0.2) is 40.8 Å². The van der Waals surface area contributed by atoms with Crippen LogP contribution in [0.3, 0.4) is 0 Å². The summed E-state index contributed by atoms with van der Waals surface area (Å²) >= 11 is 11.6. The summed E-state index contributed by atoms with van der Waals surface area (Å²) in [6.45, 7) is 0.278. The molecule has 0 bridgehead atoms. The van der Waals surface area contributed by atoms with Gasteiger partial charge in [0.15, 0.2) is 5.22 Å². The minimum absolute atomic E-state index is 0.242. The zero-order valence-electron chi connectivity index (χ0n) is 9.51. The number of furan rings is 1. The number of hydrogen-bond acceptors (Lipinski definition) is 3. The van der Waals surface area contributed by atoms with Crippen LogP contribution in [-0.4, -0.2) is 11.7 Å². The first-order valence-electron chi connectivity index (χ1n) is 5.50. The molecule has 5 heteroatoms. The van der Waals surface area contributed by atoms with E-state index in [2.05, 4.69) is 0 Å². The van der Waals surface area contributed by atoms with Crippen LogP contribution in [0.25, 0.3) is 0 Å². The fourth-order valence-corrected chi connectivity index (χ4v) is 2.22. The highest BCUT2D eigenvalue weighted by Crippen LogP contribution is 2.32. The zero-order valence-corrected chi connectivity index (χ0v) is 11.0. The molecule has 2 rings (SSSR count). The normalized spacial score (nSPS) is 14.4. The van der Waals surface area contributed by atoms with Crippen LogP contribution >= 0.6 is 23.2 Å². The maximum atomic E-state index is 10.3. The molecule has 2 atom stereocenters. The van der Waals surface area contributed by atoms with Crippen molar-refractivity contribution in [2.45, 2.75) is 12.0 Å². The first kappa shape index (κ1) is 13.4. The number of aliphatic hydroxyl groups is 1. The van der Waals surface area contributed by atoms with E-state index in [1.807, 2.05) is 12.1 Å². The van der Waals surface area contributed by atoms with Crippen molar-refractivity contribution in [1.82, 2.24) is 0 Å². The number of nitrogens with two attached hydrogens (primary N) is 1. The fraction of sp³-hybridized carbons (Fsp3) is 0.231. The Morgan fingerprint density at radius 3 is 2.56 bits per heavy atom. The van der Waals surface area contributed by atoms with Gasteiger partial charge in [-0.1, -0.05) is 23.7 Å². The molecule has 2 unspecified atom stereocenters. The van der Waals surface area contributed by atoms with Crippen LogP contribution in [0.1, 0.15) is 23.3 Å². The molecule has 1 aromatic carbocycles. The lowest BCUT2D eigenvalue weighted by Gasteiger charge is -2.20. The summed E-state index contributed by atoms with van der Waals surface area (Å²) in [7, 11) is 0.